The van der Waals surface area contributed by atoms with Crippen molar-refractivity contribution in [3.63, 3.8) is 0 Å². The Kier molecular flexibility index (Phi) is 7.84. The van der Waals surface area contributed by atoms with Gasteiger partial charge in [-0.25, -0.2) is 0 Å². The van der Waals surface area contributed by atoms with Crippen molar-refractivity contribution in [2.24, 2.45) is 0 Å². The van der Waals surface area contributed by atoms with Crippen LogP contribution < -0.4 is 5.32 Å². The average Bonchev–Trinajstić information content (AvgIpc) is 2.82. The molecule has 0 aliphatic carbocycles. The maximum absolute atomic E-state index is 5.67. The Morgan fingerprint density at radius 3 is 2.68 bits per heavy atom. The molecule has 0 saturated carbocycles. The Bertz CT molecular complexity index is 333. The molecule has 0 aliphatic heterocycles. The van der Waals surface area contributed by atoms with Crippen LogP contribution in [0.1, 0.15) is 58.3 Å². The van der Waals surface area contributed by atoms with Crippen molar-refractivity contribution < 1.29 is 4.42 Å². The molecule has 3 nitrogen and oxygen atoms in total. The lowest BCUT2D eigenvalue weighted by Crippen LogP contribution is -2.31. The summed E-state index contributed by atoms with van der Waals surface area (Å²) in [7, 11) is 0. The molecule has 0 aliphatic rings. The fraction of sp³-hybridized carbons (Fsp3) is 0.750. The van der Waals surface area contributed by atoms with E-state index in [1.165, 1.54) is 24.8 Å². The van der Waals surface area contributed by atoms with E-state index in [0.29, 0.717) is 6.04 Å². The van der Waals surface area contributed by atoms with Crippen LogP contribution >= 0.6 is 0 Å². The Hall–Kier alpha value is -0.800. The van der Waals surface area contributed by atoms with Gasteiger partial charge in [0.2, 0.25) is 0 Å². The van der Waals surface area contributed by atoms with E-state index in [1.807, 2.05) is 6.26 Å². The van der Waals surface area contributed by atoms with Crippen LogP contribution in [0, 0.1) is 0 Å². The minimum absolute atomic E-state index is 0.564. The monoisotopic (exact) mass is 266 g/mol. The topological polar surface area (TPSA) is 28.4 Å². The molecule has 19 heavy (non-hydrogen) atoms. The number of unbranched alkanes of at least 4 members (excludes halogenated alkanes) is 2. The first-order valence-corrected chi connectivity index (χ1v) is 7.69. The molecule has 0 amide bonds. The number of hydrogen-bond donors (Lipinski definition) is 1. The summed E-state index contributed by atoms with van der Waals surface area (Å²) < 4.78 is 5.67. The molecule has 0 radical (unpaired) electrons. The molecule has 1 N–H and O–H groups in total. The van der Waals surface area contributed by atoms with E-state index in [0.717, 1.165) is 31.9 Å². The molecule has 1 aromatic rings. The van der Waals surface area contributed by atoms with E-state index in [4.69, 9.17) is 4.42 Å². The van der Waals surface area contributed by atoms with Gasteiger partial charge in [-0.2, -0.15) is 0 Å². The second-order valence-electron chi connectivity index (χ2n) is 5.42. The van der Waals surface area contributed by atoms with Crippen molar-refractivity contribution >= 4 is 0 Å². The highest BCUT2D eigenvalue weighted by Gasteiger charge is 2.14. The summed E-state index contributed by atoms with van der Waals surface area (Å²) >= 11 is 0. The Morgan fingerprint density at radius 1 is 1.26 bits per heavy atom. The summed E-state index contributed by atoms with van der Waals surface area (Å²) in [6.45, 7) is 12.9. The molecule has 1 aromatic heterocycles. The molecule has 0 unspecified atom stereocenters. The van der Waals surface area contributed by atoms with Gasteiger partial charge in [0.15, 0.2) is 0 Å². The van der Waals surface area contributed by atoms with E-state index in [1.54, 1.807) is 0 Å². The van der Waals surface area contributed by atoms with Gasteiger partial charge in [-0.1, -0.05) is 26.7 Å². The molecule has 0 atom stereocenters. The fourth-order valence-electron chi connectivity index (χ4n) is 2.19. The van der Waals surface area contributed by atoms with E-state index in [-0.39, 0.29) is 0 Å². The highest BCUT2D eigenvalue weighted by molar-refractivity contribution is 5.16. The number of hydrogen-bond acceptors (Lipinski definition) is 3. The number of nitrogens with one attached hydrogen (secondary N) is 1. The maximum Gasteiger partial charge on any atom is 0.122 e. The third-order valence-corrected chi connectivity index (χ3v) is 3.53. The van der Waals surface area contributed by atoms with Crippen LogP contribution in [-0.2, 0) is 13.1 Å². The van der Waals surface area contributed by atoms with Crippen molar-refractivity contribution in [1.29, 1.82) is 0 Å². The van der Waals surface area contributed by atoms with E-state index >= 15 is 0 Å². The summed E-state index contributed by atoms with van der Waals surface area (Å²) in [4.78, 5) is 2.50. The highest BCUT2D eigenvalue weighted by Crippen LogP contribution is 2.16. The number of furan rings is 1. The zero-order valence-corrected chi connectivity index (χ0v) is 13.0. The molecular formula is C16H30N2O. The zero-order valence-electron chi connectivity index (χ0n) is 13.0. The van der Waals surface area contributed by atoms with E-state index in [9.17, 15) is 0 Å². The van der Waals surface area contributed by atoms with Crippen LogP contribution in [0.5, 0.6) is 0 Å². The van der Waals surface area contributed by atoms with Gasteiger partial charge in [-0.3, -0.25) is 4.90 Å². The van der Waals surface area contributed by atoms with Crippen molar-refractivity contribution in [1.82, 2.24) is 10.2 Å². The van der Waals surface area contributed by atoms with Gasteiger partial charge >= 0.3 is 0 Å². The molecule has 3 heteroatoms. The van der Waals surface area contributed by atoms with Crippen LogP contribution in [0.25, 0.3) is 0 Å². The lowest BCUT2D eigenvalue weighted by Gasteiger charge is -2.25. The largest absolute Gasteiger partial charge is 0.468 e. The van der Waals surface area contributed by atoms with Crippen molar-refractivity contribution in [2.75, 3.05) is 13.1 Å². The second kappa shape index (κ2) is 9.16. The number of nitrogens with zero attached hydrogens (tertiary/aromatic N) is 1. The van der Waals surface area contributed by atoms with Crippen LogP contribution in [0.2, 0.25) is 0 Å². The van der Waals surface area contributed by atoms with Gasteiger partial charge in [0.1, 0.15) is 5.76 Å². The molecule has 0 fully saturated rings. The summed E-state index contributed by atoms with van der Waals surface area (Å²) in [5.41, 5.74) is 1.29. The molecule has 0 aromatic carbocycles. The van der Waals surface area contributed by atoms with E-state index in [2.05, 4.69) is 44.0 Å². The number of rotatable bonds is 10. The first-order valence-electron chi connectivity index (χ1n) is 7.69. The van der Waals surface area contributed by atoms with Crippen molar-refractivity contribution in [3.05, 3.63) is 23.7 Å². The summed E-state index contributed by atoms with van der Waals surface area (Å²) in [5, 5.41) is 3.37. The summed E-state index contributed by atoms with van der Waals surface area (Å²) in [6, 6.07) is 2.65. The molecular weight excluding hydrogens is 236 g/mol. The zero-order chi connectivity index (χ0) is 14.1. The third-order valence-electron chi connectivity index (χ3n) is 3.53. The predicted octanol–water partition coefficient (Wildman–Crippen LogP) is 3.79. The van der Waals surface area contributed by atoms with Crippen LogP contribution in [0.4, 0.5) is 0 Å². The average molecular weight is 266 g/mol. The lowest BCUT2D eigenvalue weighted by atomic mass is 10.2. The first-order chi connectivity index (χ1) is 9.19. The Balaban J connectivity index is 2.55. The van der Waals surface area contributed by atoms with Crippen molar-refractivity contribution in [3.8, 4) is 0 Å². The highest BCUT2D eigenvalue weighted by atomic mass is 16.3. The van der Waals surface area contributed by atoms with E-state index < -0.39 is 0 Å². The van der Waals surface area contributed by atoms with Crippen LogP contribution in [-0.4, -0.2) is 24.0 Å². The van der Waals surface area contributed by atoms with Gasteiger partial charge in [0, 0.05) is 18.2 Å². The summed E-state index contributed by atoms with van der Waals surface area (Å²) in [5.74, 6) is 1.12. The first kappa shape index (κ1) is 16.3. The van der Waals surface area contributed by atoms with Gasteiger partial charge in [0.05, 0.1) is 12.8 Å². The quantitative estimate of drug-likeness (QED) is 0.653. The minimum Gasteiger partial charge on any atom is -0.468 e. The van der Waals surface area contributed by atoms with Crippen LogP contribution in [0.15, 0.2) is 16.7 Å². The molecule has 110 valence electrons. The smallest absolute Gasteiger partial charge is 0.122 e. The second-order valence-corrected chi connectivity index (χ2v) is 5.42. The van der Waals surface area contributed by atoms with Gasteiger partial charge in [-0.15, -0.1) is 0 Å². The van der Waals surface area contributed by atoms with Gasteiger partial charge < -0.3 is 9.73 Å². The molecule has 0 bridgehead atoms. The SMILES string of the molecule is CCCCCN(Cc1occc1CNCC)C(C)C. The molecule has 1 heterocycles. The lowest BCUT2D eigenvalue weighted by molar-refractivity contribution is 0.191. The van der Waals surface area contributed by atoms with Crippen molar-refractivity contribution in [2.45, 2.75) is 66.1 Å². The Labute approximate surface area is 118 Å². The molecule has 0 spiro atoms. The maximum atomic E-state index is 5.67. The Morgan fingerprint density at radius 2 is 2.05 bits per heavy atom. The summed E-state index contributed by atoms with van der Waals surface area (Å²) in [6.07, 6.45) is 5.68. The van der Waals surface area contributed by atoms with Crippen LogP contribution in [0.3, 0.4) is 0 Å². The minimum atomic E-state index is 0.564. The predicted molar refractivity (Wildman–Crippen MR) is 81.2 cm³/mol. The van der Waals surface area contributed by atoms with Gasteiger partial charge in [-0.05, 0) is 39.4 Å². The fourth-order valence-corrected chi connectivity index (χ4v) is 2.19. The standard InChI is InChI=1S/C16H30N2O/c1-5-7-8-10-18(14(3)4)13-16-15(9-11-19-16)12-17-6-2/h9,11,14,17H,5-8,10,12-13H2,1-4H3. The molecule has 0 saturated heterocycles. The normalized spacial score (nSPS) is 11.7. The molecule has 1 rings (SSSR count). The van der Waals surface area contributed by atoms with Gasteiger partial charge in [0.25, 0.3) is 0 Å². The third kappa shape index (κ3) is 5.79.